The summed E-state index contributed by atoms with van der Waals surface area (Å²) in [6, 6.07) is 17.7. The molecular formula is C17H11BrN2O. The van der Waals surface area contributed by atoms with Gasteiger partial charge in [-0.2, -0.15) is 0 Å². The lowest BCUT2D eigenvalue weighted by molar-refractivity contribution is 0.620. The smallest absolute Gasteiger partial charge is 0.227 e. The second-order valence-electron chi connectivity index (χ2n) is 4.89. The van der Waals surface area contributed by atoms with Crippen LogP contribution in [0.25, 0.3) is 33.3 Å². The van der Waals surface area contributed by atoms with Gasteiger partial charge >= 0.3 is 0 Å². The van der Waals surface area contributed by atoms with Gasteiger partial charge in [0.1, 0.15) is 5.52 Å². The number of oxazole rings is 1. The van der Waals surface area contributed by atoms with Crippen LogP contribution in [0.3, 0.4) is 0 Å². The minimum Gasteiger partial charge on any atom is -0.436 e. The van der Waals surface area contributed by atoms with Crippen molar-refractivity contribution in [1.82, 2.24) is 4.98 Å². The van der Waals surface area contributed by atoms with Crippen LogP contribution in [-0.4, -0.2) is 4.98 Å². The molecule has 0 bridgehead atoms. The fraction of sp³-hybridized carbons (Fsp3) is 0. The molecule has 0 aliphatic rings. The van der Waals surface area contributed by atoms with Gasteiger partial charge in [-0.05, 0) is 41.1 Å². The first kappa shape index (κ1) is 12.4. The highest BCUT2D eigenvalue weighted by atomic mass is 79.9. The van der Waals surface area contributed by atoms with E-state index in [2.05, 4.69) is 33.0 Å². The van der Waals surface area contributed by atoms with Gasteiger partial charge in [0.05, 0.1) is 0 Å². The second-order valence-corrected chi connectivity index (χ2v) is 5.74. The zero-order chi connectivity index (χ0) is 14.4. The zero-order valence-corrected chi connectivity index (χ0v) is 12.6. The summed E-state index contributed by atoms with van der Waals surface area (Å²) in [5, 5.41) is 2.24. The van der Waals surface area contributed by atoms with Crippen molar-refractivity contribution < 1.29 is 4.42 Å². The molecule has 0 aliphatic heterocycles. The average molecular weight is 339 g/mol. The summed E-state index contributed by atoms with van der Waals surface area (Å²) in [6.45, 7) is 0. The van der Waals surface area contributed by atoms with E-state index in [0.29, 0.717) is 11.6 Å². The molecule has 0 amide bonds. The molecule has 0 saturated carbocycles. The number of anilines is 1. The molecule has 4 rings (SSSR count). The Bertz CT molecular complexity index is 975. The Kier molecular flexibility index (Phi) is 2.72. The Morgan fingerprint density at radius 3 is 2.67 bits per heavy atom. The first-order chi connectivity index (χ1) is 10.2. The number of rotatable bonds is 1. The average Bonchev–Trinajstić information content (AvgIpc) is 2.90. The summed E-state index contributed by atoms with van der Waals surface area (Å²) in [5.41, 5.74) is 8.97. The van der Waals surface area contributed by atoms with Gasteiger partial charge in [-0.3, -0.25) is 0 Å². The van der Waals surface area contributed by atoms with Gasteiger partial charge in [0.15, 0.2) is 5.58 Å². The number of nitrogen functional groups attached to an aromatic ring is 1. The van der Waals surface area contributed by atoms with E-state index in [1.165, 1.54) is 0 Å². The molecule has 0 saturated heterocycles. The van der Waals surface area contributed by atoms with E-state index in [9.17, 15) is 0 Å². The van der Waals surface area contributed by atoms with E-state index in [0.717, 1.165) is 31.9 Å². The van der Waals surface area contributed by atoms with E-state index in [1.54, 1.807) is 0 Å². The SMILES string of the molecule is Nc1ccc2oc(-c3cccc4c(Br)cccc34)nc2c1. The standard InChI is InChI=1S/C17H11BrN2O/c18-14-6-2-3-11-12(14)4-1-5-13(11)17-20-15-9-10(19)7-8-16(15)21-17/h1-9H,19H2. The molecule has 1 aromatic heterocycles. The van der Waals surface area contributed by atoms with Crippen molar-refractivity contribution in [2.75, 3.05) is 5.73 Å². The number of halogens is 1. The lowest BCUT2D eigenvalue weighted by Gasteiger charge is -2.04. The fourth-order valence-electron chi connectivity index (χ4n) is 2.52. The van der Waals surface area contributed by atoms with Crippen molar-refractivity contribution in [1.29, 1.82) is 0 Å². The number of hydrogen-bond acceptors (Lipinski definition) is 3. The number of nitrogens with two attached hydrogens (primary N) is 1. The molecule has 2 N–H and O–H groups in total. The molecule has 0 radical (unpaired) electrons. The topological polar surface area (TPSA) is 52.0 Å². The van der Waals surface area contributed by atoms with Crippen molar-refractivity contribution in [3.05, 3.63) is 59.1 Å². The van der Waals surface area contributed by atoms with Crippen LogP contribution in [0.15, 0.2) is 63.5 Å². The molecule has 0 fully saturated rings. The molecule has 21 heavy (non-hydrogen) atoms. The third-order valence-electron chi connectivity index (χ3n) is 3.51. The van der Waals surface area contributed by atoms with Crippen LogP contribution in [-0.2, 0) is 0 Å². The number of fused-ring (bicyclic) bond motifs is 2. The van der Waals surface area contributed by atoms with Gasteiger partial charge < -0.3 is 10.2 Å². The third kappa shape index (κ3) is 1.99. The monoisotopic (exact) mass is 338 g/mol. The molecule has 102 valence electrons. The highest BCUT2D eigenvalue weighted by Gasteiger charge is 2.12. The maximum absolute atomic E-state index is 5.88. The molecular weight excluding hydrogens is 328 g/mol. The van der Waals surface area contributed by atoms with Crippen LogP contribution in [0.2, 0.25) is 0 Å². The highest BCUT2D eigenvalue weighted by molar-refractivity contribution is 9.10. The highest BCUT2D eigenvalue weighted by Crippen LogP contribution is 2.33. The van der Waals surface area contributed by atoms with Crippen LogP contribution < -0.4 is 5.73 Å². The third-order valence-corrected chi connectivity index (χ3v) is 4.20. The minimum atomic E-state index is 0.610. The van der Waals surface area contributed by atoms with Crippen LogP contribution in [0.1, 0.15) is 0 Å². The number of aromatic nitrogens is 1. The van der Waals surface area contributed by atoms with E-state index < -0.39 is 0 Å². The Morgan fingerprint density at radius 1 is 0.952 bits per heavy atom. The van der Waals surface area contributed by atoms with Gasteiger partial charge in [0.2, 0.25) is 5.89 Å². The summed E-state index contributed by atoms with van der Waals surface area (Å²) in [7, 11) is 0. The van der Waals surface area contributed by atoms with Gasteiger partial charge in [-0.15, -0.1) is 0 Å². The molecule has 3 aromatic carbocycles. The van der Waals surface area contributed by atoms with E-state index in [4.69, 9.17) is 10.2 Å². The molecule has 3 nitrogen and oxygen atoms in total. The predicted octanol–water partition coefficient (Wildman–Crippen LogP) is 4.99. The minimum absolute atomic E-state index is 0.610. The first-order valence-corrected chi connectivity index (χ1v) is 7.35. The molecule has 4 aromatic rings. The first-order valence-electron chi connectivity index (χ1n) is 6.56. The normalized spacial score (nSPS) is 11.3. The predicted molar refractivity (Wildman–Crippen MR) is 89.1 cm³/mol. The van der Waals surface area contributed by atoms with Crippen molar-refractivity contribution in [3.63, 3.8) is 0 Å². The lowest BCUT2D eigenvalue weighted by Crippen LogP contribution is -1.83. The molecule has 0 spiro atoms. The van der Waals surface area contributed by atoms with Crippen molar-refractivity contribution >= 4 is 43.5 Å². The van der Waals surface area contributed by atoms with Gasteiger partial charge in [0, 0.05) is 15.7 Å². The van der Waals surface area contributed by atoms with Crippen molar-refractivity contribution in [2.45, 2.75) is 0 Å². The number of benzene rings is 3. The Morgan fingerprint density at radius 2 is 1.76 bits per heavy atom. The molecule has 0 atom stereocenters. The van der Waals surface area contributed by atoms with Gasteiger partial charge in [0.25, 0.3) is 0 Å². The molecule has 4 heteroatoms. The summed E-state index contributed by atoms with van der Waals surface area (Å²) >= 11 is 3.58. The quantitative estimate of drug-likeness (QED) is 0.497. The Balaban J connectivity index is 2.02. The summed E-state index contributed by atoms with van der Waals surface area (Å²) in [5.74, 6) is 0.610. The maximum Gasteiger partial charge on any atom is 0.227 e. The largest absolute Gasteiger partial charge is 0.436 e. The Labute approximate surface area is 129 Å². The van der Waals surface area contributed by atoms with E-state index in [-0.39, 0.29) is 0 Å². The van der Waals surface area contributed by atoms with Crippen LogP contribution in [0.4, 0.5) is 5.69 Å². The lowest BCUT2D eigenvalue weighted by atomic mass is 10.0. The Hall–Kier alpha value is -2.33. The molecule has 0 unspecified atom stereocenters. The fourth-order valence-corrected chi connectivity index (χ4v) is 3.02. The van der Waals surface area contributed by atoms with Crippen molar-refractivity contribution in [2.24, 2.45) is 0 Å². The van der Waals surface area contributed by atoms with E-state index >= 15 is 0 Å². The summed E-state index contributed by atoms with van der Waals surface area (Å²) in [4.78, 5) is 4.56. The van der Waals surface area contributed by atoms with Crippen molar-refractivity contribution in [3.8, 4) is 11.5 Å². The molecule has 0 aliphatic carbocycles. The summed E-state index contributed by atoms with van der Waals surface area (Å²) < 4.78 is 6.93. The molecule has 1 heterocycles. The second kappa shape index (κ2) is 4.60. The maximum atomic E-state index is 5.88. The van der Waals surface area contributed by atoms with Crippen LogP contribution in [0, 0.1) is 0 Å². The van der Waals surface area contributed by atoms with E-state index in [1.807, 2.05) is 42.5 Å². The van der Waals surface area contributed by atoms with Crippen LogP contribution >= 0.6 is 15.9 Å². The van der Waals surface area contributed by atoms with Gasteiger partial charge in [-0.1, -0.05) is 40.2 Å². The number of hydrogen-bond donors (Lipinski definition) is 1. The summed E-state index contributed by atoms with van der Waals surface area (Å²) in [6.07, 6.45) is 0. The van der Waals surface area contributed by atoms with Crippen LogP contribution in [0.5, 0.6) is 0 Å². The number of nitrogens with zero attached hydrogens (tertiary/aromatic N) is 1. The van der Waals surface area contributed by atoms with Gasteiger partial charge in [-0.25, -0.2) is 4.98 Å². The zero-order valence-electron chi connectivity index (χ0n) is 11.0.